The lowest BCUT2D eigenvalue weighted by Gasteiger charge is -2.12. The molecule has 0 radical (unpaired) electrons. The SMILES string of the molecule is Cn1nccc1S(=O)(=O)N[C@@H](CC(=O)O)C(=O)O. The van der Waals surface area contributed by atoms with Crippen LogP contribution in [-0.4, -0.2) is 46.4 Å². The largest absolute Gasteiger partial charge is 0.481 e. The van der Waals surface area contributed by atoms with Crippen LogP contribution in [0.4, 0.5) is 0 Å². The number of aliphatic carboxylic acids is 2. The average Bonchev–Trinajstić information content (AvgIpc) is 2.62. The van der Waals surface area contributed by atoms with Crippen molar-refractivity contribution in [1.29, 1.82) is 0 Å². The quantitative estimate of drug-likeness (QED) is 0.582. The Bertz CT molecular complexity index is 563. The van der Waals surface area contributed by atoms with Gasteiger partial charge >= 0.3 is 11.9 Å². The van der Waals surface area contributed by atoms with Crippen molar-refractivity contribution in [3.05, 3.63) is 12.3 Å². The maximum atomic E-state index is 11.8. The lowest BCUT2D eigenvalue weighted by molar-refractivity contribution is -0.145. The lowest BCUT2D eigenvalue weighted by Crippen LogP contribution is -2.42. The van der Waals surface area contributed by atoms with Crippen molar-refractivity contribution in [3.63, 3.8) is 0 Å². The second-order valence-electron chi connectivity index (χ2n) is 3.40. The van der Waals surface area contributed by atoms with Crippen LogP contribution < -0.4 is 4.72 Å². The van der Waals surface area contributed by atoms with Crippen LogP contribution in [0.3, 0.4) is 0 Å². The summed E-state index contributed by atoms with van der Waals surface area (Å²) in [6.07, 6.45) is 0.369. The van der Waals surface area contributed by atoms with E-state index in [1.54, 1.807) is 4.72 Å². The van der Waals surface area contributed by atoms with Crippen molar-refractivity contribution >= 4 is 22.0 Å². The molecule has 1 heterocycles. The zero-order valence-electron chi connectivity index (χ0n) is 9.27. The van der Waals surface area contributed by atoms with Gasteiger partial charge < -0.3 is 10.2 Å². The Morgan fingerprint density at radius 1 is 1.50 bits per heavy atom. The van der Waals surface area contributed by atoms with Gasteiger partial charge in [0.05, 0.1) is 12.6 Å². The minimum Gasteiger partial charge on any atom is -0.481 e. The van der Waals surface area contributed by atoms with E-state index in [0.29, 0.717) is 0 Å². The van der Waals surface area contributed by atoms with Gasteiger partial charge in [-0.25, -0.2) is 8.42 Å². The standard InChI is InChI=1S/C8H11N3O6S/c1-11-6(2-3-9-11)18(16,17)10-5(8(14)15)4-7(12)13/h2-3,5,10H,4H2,1H3,(H,12,13)(H,14,15)/t5-/m0/s1. The molecule has 1 atom stereocenters. The second-order valence-corrected chi connectivity index (χ2v) is 5.06. The summed E-state index contributed by atoms with van der Waals surface area (Å²) < 4.78 is 26.4. The number of aromatic nitrogens is 2. The van der Waals surface area contributed by atoms with Gasteiger partial charge in [-0.15, -0.1) is 0 Å². The molecular weight excluding hydrogens is 266 g/mol. The third-order valence-electron chi connectivity index (χ3n) is 2.03. The monoisotopic (exact) mass is 277 g/mol. The van der Waals surface area contributed by atoms with Crippen LogP contribution in [0.25, 0.3) is 0 Å². The van der Waals surface area contributed by atoms with E-state index in [2.05, 4.69) is 5.10 Å². The van der Waals surface area contributed by atoms with E-state index in [1.165, 1.54) is 19.3 Å². The van der Waals surface area contributed by atoms with E-state index in [9.17, 15) is 18.0 Å². The highest BCUT2D eigenvalue weighted by Crippen LogP contribution is 2.08. The van der Waals surface area contributed by atoms with Crippen LogP contribution in [0.5, 0.6) is 0 Å². The topological polar surface area (TPSA) is 139 Å². The van der Waals surface area contributed by atoms with Gasteiger partial charge in [0.15, 0.2) is 5.03 Å². The highest BCUT2D eigenvalue weighted by Gasteiger charge is 2.28. The molecule has 1 aromatic rings. The molecule has 18 heavy (non-hydrogen) atoms. The fraction of sp³-hybridized carbons (Fsp3) is 0.375. The van der Waals surface area contributed by atoms with E-state index in [0.717, 1.165) is 4.68 Å². The third kappa shape index (κ3) is 3.28. The van der Waals surface area contributed by atoms with Crippen molar-refractivity contribution in [2.75, 3.05) is 0 Å². The van der Waals surface area contributed by atoms with Crippen LogP contribution in [0, 0.1) is 0 Å². The maximum Gasteiger partial charge on any atom is 0.322 e. The molecule has 1 rings (SSSR count). The number of nitrogens with one attached hydrogen (secondary N) is 1. The maximum absolute atomic E-state index is 11.8. The fourth-order valence-electron chi connectivity index (χ4n) is 1.23. The Morgan fingerprint density at radius 2 is 2.11 bits per heavy atom. The summed E-state index contributed by atoms with van der Waals surface area (Å²) in [6, 6.07) is -0.565. The first-order valence-corrected chi connectivity index (χ1v) is 6.17. The number of hydrogen-bond acceptors (Lipinski definition) is 5. The summed E-state index contributed by atoms with van der Waals surface area (Å²) in [5.41, 5.74) is 0. The normalized spacial score (nSPS) is 13.2. The van der Waals surface area contributed by atoms with E-state index in [4.69, 9.17) is 10.2 Å². The molecule has 100 valence electrons. The van der Waals surface area contributed by atoms with E-state index in [1.807, 2.05) is 0 Å². The number of sulfonamides is 1. The number of rotatable bonds is 6. The Morgan fingerprint density at radius 3 is 2.50 bits per heavy atom. The molecule has 0 spiro atoms. The van der Waals surface area contributed by atoms with Gasteiger partial charge in [-0.1, -0.05) is 0 Å². The van der Waals surface area contributed by atoms with Gasteiger partial charge in [0.2, 0.25) is 0 Å². The Balaban J connectivity index is 2.97. The minimum atomic E-state index is -4.13. The van der Waals surface area contributed by atoms with Gasteiger partial charge in [0.1, 0.15) is 6.04 Å². The molecule has 3 N–H and O–H groups in total. The highest BCUT2D eigenvalue weighted by atomic mass is 32.2. The molecule has 0 saturated carbocycles. The second kappa shape index (κ2) is 5.14. The molecule has 9 nitrogen and oxygen atoms in total. The Hall–Kier alpha value is -1.94. The number of hydrogen-bond donors (Lipinski definition) is 3. The van der Waals surface area contributed by atoms with Gasteiger partial charge in [-0.05, 0) is 6.07 Å². The van der Waals surface area contributed by atoms with Crippen molar-refractivity contribution in [2.24, 2.45) is 7.05 Å². The highest BCUT2D eigenvalue weighted by molar-refractivity contribution is 7.89. The van der Waals surface area contributed by atoms with Crippen LogP contribution in [-0.2, 0) is 26.7 Å². The Kier molecular flexibility index (Phi) is 4.03. The number of aryl methyl sites for hydroxylation is 1. The van der Waals surface area contributed by atoms with Crippen LogP contribution in [0.1, 0.15) is 6.42 Å². The number of carbonyl (C=O) groups is 2. The molecule has 0 amide bonds. The predicted molar refractivity (Wildman–Crippen MR) is 57.2 cm³/mol. The first-order valence-electron chi connectivity index (χ1n) is 4.69. The average molecular weight is 277 g/mol. The van der Waals surface area contributed by atoms with Gasteiger partial charge in [0.25, 0.3) is 10.0 Å². The molecule has 0 aliphatic heterocycles. The summed E-state index contributed by atoms with van der Waals surface area (Å²) >= 11 is 0. The fourth-order valence-corrected chi connectivity index (χ4v) is 2.54. The number of nitrogens with zero attached hydrogens (tertiary/aromatic N) is 2. The van der Waals surface area contributed by atoms with Crippen molar-refractivity contribution in [3.8, 4) is 0 Å². The molecule has 10 heteroatoms. The zero-order chi connectivity index (χ0) is 13.9. The van der Waals surface area contributed by atoms with Gasteiger partial charge in [0, 0.05) is 7.05 Å². The summed E-state index contributed by atoms with van der Waals surface area (Å²) in [5.74, 6) is -2.99. The lowest BCUT2D eigenvalue weighted by atomic mass is 10.2. The smallest absolute Gasteiger partial charge is 0.322 e. The van der Waals surface area contributed by atoms with Crippen LogP contribution in [0.2, 0.25) is 0 Å². The van der Waals surface area contributed by atoms with Crippen LogP contribution in [0.15, 0.2) is 17.3 Å². The van der Waals surface area contributed by atoms with E-state index < -0.39 is 34.4 Å². The summed E-state index contributed by atoms with van der Waals surface area (Å²) in [5, 5.41) is 20.6. The molecule has 0 saturated heterocycles. The summed E-state index contributed by atoms with van der Waals surface area (Å²) in [7, 11) is -2.77. The summed E-state index contributed by atoms with van der Waals surface area (Å²) in [4.78, 5) is 21.2. The molecule has 0 aliphatic rings. The van der Waals surface area contributed by atoms with Crippen LogP contribution >= 0.6 is 0 Å². The van der Waals surface area contributed by atoms with Crippen molar-refractivity contribution < 1.29 is 28.2 Å². The van der Waals surface area contributed by atoms with Gasteiger partial charge in [-0.2, -0.15) is 9.82 Å². The van der Waals surface area contributed by atoms with Crippen molar-refractivity contribution in [2.45, 2.75) is 17.5 Å². The number of carboxylic acids is 2. The molecule has 0 unspecified atom stereocenters. The zero-order valence-corrected chi connectivity index (χ0v) is 10.1. The molecule has 1 aromatic heterocycles. The summed E-state index contributed by atoms with van der Waals surface area (Å²) in [6.45, 7) is 0. The first kappa shape index (κ1) is 14.1. The Labute approximate surface area is 102 Å². The molecule has 0 aliphatic carbocycles. The number of carboxylic acid groups (broad SMARTS) is 2. The van der Waals surface area contributed by atoms with Crippen molar-refractivity contribution in [1.82, 2.24) is 14.5 Å². The predicted octanol–water partition coefficient (Wildman–Crippen LogP) is -1.37. The molecule has 0 bridgehead atoms. The van der Waals surface area contributed by atoms with E-state index >= 15 is 0 Å². The first-order chi connectivity index (χ1) is 8.24. The molecule has 0 fully saturated rings. The third-order valence-corrected chi connectivity index (χ3v) is 3.57. The van der Waals surface area contributed by atoms with Gasteiger partial charge in [-0.3, -0.25) is 14.3 Å². The minimum absolute atomic E-state index is 0.251. The molecule has 0 aromatic carbocycles. The van der Waals surface area contributed by atoms with E-state index in [-0.39, 0.29) is 5.03 Å². The molecular formula is C8H11N3O6S.